The molecule has 0 spiro atoms. The van der Waals surface area contributed by atoms with E-state index in [1.165, 1.54) is 12.1 Å². The van der Waals surface area contributed by atoms with Crippen LogP contribution >= 0.6 is 0 Å². The monoisotopic (exact) mass is 254 g/mol. The van der Waals surface area contributed by atoms with Crippen LogP contribution in [0.1, 0.15) is 31.4 Å². The Morgan fingerprint density at radius 1 is 1.33 bits per heavy atom. The lowest BCUT2D eigenvalue weighted by atomic mass is 9.95. The summed E-state index contributed by atoms with van der Waals surface area (Å²) in [6.45, 7) is 4.34. The van der Waals surface area contributed by atoms with Crippen LogP contribution < -0.4 is 5.73 Å². The molecule has 0 unspecified atom stereocenters. The maximum Gasteiger partial charge on any atom is 0.128 e. The van der Waals surface area contributed by atoms with Gasteiger partial charge in [0.1, 0.15) is 11.6 Å². The number of hydrogen-bond acceptors (Lipinski definition) is 2. The van der Waals surface area contributed by atoms with E-state index in [2.05, 4.69) is 11.8 Å². The fourth-order valence-corrected chi connectivity index (χ4v) is 2.58. The summed E-state index contributed by atoms with van der Waals surface area (Å²) in [6, 6.07) is 3.38. The van der Waals surface area contributed by atoms with Gasteiger partial charge in [0.15, 0.2) is 0 Å². The van der Waals surface area contributed by atoms with Gasteiger partial charge in [0.05, 0.1) is 0 Å². The minimum Gasteiger partial charge on any atom is -0.329 e. The van der Waals surface area contributed by atoms with Gasteiger partial charge < -0.3 is 5.73 Å². The zero-order valence-electron chi connectivity index (χ0n) is 10.7. The summed E-state index contributed by atoms with van der Waals surface area (Å²) in [5.41, 5.74) is 6.14. The van der Waals surface area contributed by atoms with Gasteiger partial charge in [-0.05, 0) is 50.0 Å². The second-order valence-electron chi connectivity index (χ2n) is 5.14. The lowest BCUT2D eigenvalue weighted by Crippen LogP contribution is -2.39. The molecular formula is C14H20F2N2. The van der Waals surface area contributed by atoms with Crippen molar-refractivity contribution in [3.63, 3.8) is 0 Å². The van der Waals surface area contributed by atoms with Crippen LogP contribution in [-0.2, 0) is 0 Å². The minimum atomic E-state index is -0.407. The van der Waals surface area contributed by atoms with Crippen molar-refractivity contribution in [3.05, 3.63) is 35.4 Å². The summed E-state index contributed by atoms with van der Waals surface area (Å²) in [5.74, 6) is -0.0715. The Kier molecular flexibility index (Phi) is 4.30. The second-order valence-corrected chi connectivity index (χ2v) is 5.14. The molecule has 0 aliphatic carbocycles. The Labute approximate surface area is 107 Å². The molecule has 1 saturated heterocycles. The molecule has 1 aliphatic heterocycles. The summed E-state index contributed by atoms with van der Waals surface area (Å²) in [4.78, 5) is 2.16. The molecule has 0 aromatic heterocycles. The highest BCUT2D eigenvalue weighted by molar-refractivity contribution is 5.23. The topological polar surface area (TPSA) is 29.3 Å². The van der Waals surface area contributed by atoms with E-state index < -0.39 is 5.82 Å². The molecular weight excluding hydrogens is 234 g/mol. The minimum absolute atomic E-state index is 0.215. The van der Waals surface area contributed by atoms with Crippen molar-refractivity contribution >= 4 is 0 Å². The lowest BCUT2D eigenvalue weighted by Gasteiger charge is -2.36. The number of nitrogens with zero attached hydrogens (tertiary/aromatic N) is 1. The molecule has 18 heavy (non-hydrogen) atoms. The number of rotatable bonds is 3. The van der Waals surface area contributed by atoms with Crippen LogP contribution in [0.3, 0.4) is 0 Å². The maximum absolute atomic E-state index is 13.8. The first-order chi connectivity index (χ1) is 8.61. The highest BCUT2D eigenvalue weighted by Gasteiger charge is 2.25. The number of piperidine rings is 1. The quantitative estimate of drug-likeness (QED) is 0.898. The summed E-state index contributed by atoms with van der Waals surface area (Å²) in [5, 5.41) is 0. The zero-order valence-corrected chi connectivity index (χ0v) is 10.7. The van der Waals surface area contributed by atoms with Crippen molar-refractivity contribution in [2.24, 2.45) is 11.7 Å². The first kappa shape index (κ1) is 13.4. The zero-order chi connectivity index (χ0) is 13.1. The molecule has 1 heterocycles. The molecule has 1 aromatic rings. The van der Waals surface area contributed by atoms with Gasteiger partial charge >= 0.3 is 0 Å². The van der Waals surface area contributed by atoms with Gasteiger partial charge in [-0.25, -0.2) is 8.78 Å². The van der Waals surface area contributed by atoms with Crippen molar-refractivity contribution in [2.45, 2.75) is 25.8 Å². The molecule has 1 atom stereocenters. The molecule has 0 radical (unpaired) electrons. The summed E-state index contributed by atoms with van der Waals surface area (Å²) in [6.07, 6.45) is 2.18. The van der Waals surface area contributed by atoms with Crippen molar-refractivity contribution in [1.82, 2.24) is 4.90 Å². The normalized spacial score (nSPS) is 20.0. The number of hydrogen-bond donors (Lipinski definition) is 1. The molecule has 1 aliphatic rings. The predicted molar refractivity (Wildman–Crippen MR) is 68.1 cm³/mol. The van der Waals surface area contributed by atoms with E-state index in [4.69, 9.17) is 5.73 Å². The first-order valence-electron chi connectivity index (χ1n) is 6.51. The van der Waals surface area contributed by atoms with Crippen LogP contribution in [0.5, 0.6) is 0 Å². The molecule has 1 fully saturated rings. The SMILES string of the molecule is CC1CCN([C@H](CN)c2cc(F)ccc2F)CC1. The van der Waals surface area contributed by atoms with Crippen molar-refractivity contribution in [1.29, 1.82) is 0 Å². The van der Waals surface area contributed by atoms with E-state index in [-0.39, 0.29) is 11.9 Å². The van der Waals surface area contributed by atoms with E-state index in [9.17, 15) is 8.78 Å². The number of likely N-dealkylation sites (tertiary alicyclic amines) is 1. The molecule has 0 amide bonds. The van der Waals surface area contributed by atoms with Gasteiger partial charge in [-0.3, -0.25) is 4.90 Å². The third kappa shape index (κ3) is 2.87. The standard InChI is InChI=1S/C14H20F2N2/c1-10-4-6-18(7-5-10)14(9-17)12-8-11(15)2-3-13(12)16/h2-3,8,10,14H,4-7,9,17H2,1H3/t14-/m1/s1. The fraction of sp³-hybridized carbons (Fsp3) is 0.571. The molecule has 0 bridgehead atoms. The van der Waals surface area contributed by atoms with E-state index >= 15 is 0 Å². The van der Waals surface area contributed by atoms with Gasteiger partial charge in [-0.15, -0.1) is 0 Å². The molecule has 2 rings (SSSR count). The van der Waals surface area contributed by atoms with Crippen molar-refractivity contribution < 1.29 is 8.78 Å². The number of nitrogens with two attached hydrogens (primary N) is 1. The summed E-state index contributed by atoms with van der Waals surface area (Å²) >= 11 is 0. The maximum atomic E-state index is 13.8. The summed E-state index contributed by atoms with van der Waals surface area (Å²) in [7, 11) is 0. The van der Waals surface area contributed by atoms with Gasteiger partial charge in [-0.2, -0.15) is 0 Å². The highest BCUT2D eigenvalue weighted by atomic mass is 19.1. The number of benzene rings is 1. The van der Waals surface area contributed by atoms with E-state index in [1.807, 2.05) is 0 Å². The predicted octanol–water partition coefficient (Wildman–Crippen LogP) is 2.70. The van der Waals surface area contributed by atoms with Crippen molar-refractivity contribution in [2.75, 3.05) is 19.6 Å². The van der Waals surface area contributed by atoms with Crippen LogP contribution in [0.4, 0.5) is 8.78 Å². The Hall–Kier alpha value is -1.00. The van der Waals surface area contributed by atoms with Crippen molar-refractivity contribution in [3.8, 4) is 0 Å². The molecule has 100 valence electrons. The van der Waals surface area contributed by atoms with Gasteiger partial charge in [0, 0.05) is 18.2 Å². The first-order valence-corrected chi connectivity index (χ1v) is 6.51. The average Bonchev–Trinajstić information content (AvgIpc) is 2.37. The third-order valence-electron chi connectivity index (χ3n) is 3.80. The van der Waals surface area contributed by atoms with Crippen LogP contribution in [0, 0.1) is 17.6 Å². The lowest BCUT2D eigenvalue weighted by molar-refractivity contribution is 0.138. The van der Waals surface area contributed by atoms with E-state index in [0.29, 0.717) is 18.0 Å². The Morgan fingerprint density at radius 3 is 2.61 bits per heavy atom. The average molecular weight is 254 g/mol. The molecule has 0 saturated carbocycles. The smallest absolute Gasteiger partial charge is 0.128 e. The van der Waals surface area contributed by atoms with E-state index in [0.717, 1.165) is 32.0 Å². The fourth-order valence-electron chi connectivity index (χ4n) is 2.58. The molecule has 2 N–H and O–H groups in total. The van der Waals surface area contributed by atoms with Crippen LogP contribution in [0.25, 0.3) is 0 Å². The van der Waals surface area contributed by atoms with E-state index in [1.54, 1.807) is 0 Å². The van der Waals surface area contributed by atoms with Gasteiger partial charge in [-0.1, -0.05) is 6.92 Å². The van der Waals surface area contributed by atoms with Crippen LogP contribution in [0.15, 0.2) is 18.2 Å². The molecule has 1 aromatic carbocycles. The third-order valence-corrected chi connectivity index (χ3v) is 3.80. The Bertz CT molecular complexity index is 401. The Balaban J connectivity index is 2.19. The molecule has 2 nitrogen and oxygen atoms in total. The highest BCUT2D eigenvalue weighted by Crippen LogP contribution is 2.28. The number of halogens is 2. The Morgan fingerprint density at radius 2 is 2.00 bits per heavy atom. The largest absolute Gasteiger partial charge is 0.329 e. The van der Waals surface area contributed by atoms with Crippen LogP contribution in [-0.4, -0.2) is 24.5 Å². The second kappa shape index (κ2) is 5.76. The van der Waals surface area contributed by atoms with Crippen LogP contribution in [0.2, 0.25) is 0 Å². The molecule has 4 heteroatoms. The van der Waals surface area contributed by atoms with Gasteiger partial charge in [0.25, 0.3) is 0 Å². The summed E-state index contributed by atoms with van der Waals surface area (Å²) < 4.78 is 27.0. The van der Waals surface area contributed by atoms with Gasteiger partial charge in [0.2, 0.25) is 0 Å².